The Balaban J connectivity index is 1.74. The summed E-state index contributed by atoms with van der Waals surface area (Å²) in [6.45, 7) is 2.68. The number of nitrogens with zero attached hydrogens (tertiary/aromatic N) is 1. The van der Waals surface area contributed by atoms with Crippen molar-refractivity contribution >= 4 is 20.8 Å². The average molecular weight is 399 g/mol. The molecule has 2 heterocycles. The van der Waals surface area contributed by atoms with E-state index in [9.17, 15) is 13.2 Å². The predicted octanol–water partition coefficient (Wildman–Crippen LogP) is 2.36. The van der Waals surface area contributed by atoms with E-state index in [1.165, 1.54) is 0 Å². The van der Waals surface area contributed by atoms with Crippen LogP contribution in [0, 0.1) is 6.92 Å². The van der Waals surface area contributed by atoms with Gasteiger partial charge in [0.15, 0.2) is 0 Å². The Labute approximate surface area is 162 Å². The number of hydrogen-bond acceptors (Lipinski definition) is 5. The van der Waals surface area contributed by atoms with Crippen LogP contribution in [0.2, 0.25) is 0 Å². The highest BCUT2D eigenvalue weighted by Gasteiger charge is 2.22. The molecule has 7 nitrogen and oxygen atoms in total. The first-order chi connectivity index (χ1) is 13.5. The van der Waals surface area contributed by atoms with Gasteiger partial charge in [-0.15, -0.1) is 0 Å². The van der Waals surface area contributed by atoms with Crippen molar-refractivity contribution < 1.29 is 13.2 Å². The third-order valence-corrected chi connectivity index (χ3v) is 6.54. The number of aromatic amines is 1. The Morgan fingerprint density at radius 1 is 1.21 bits per heavy atom. The largest absolute Gasteiger partial charge is 0.377 e. The molecule has 2 aromatic carbocycles. The number of benzene rings is 2. The molecule has 1 aliphatic rings. The SMILES string of the molecule is Cc1ccc(-c2n[nH]c(=O)c3ccccc23)cc1S(=O)(=O)NC[C@H]1CCCO1. The molecule has 1 aliphatic heterocycles. The summed E-state index contributed by atoms with van der Waals surface area (Å²) in [5.41, 5.74) is 1.51. The van der Waals surface area contributed by atoms with Gasteiger partial charge in [-0.05, 0) is 37.5 Å². The van der Waals surface area contributed by atoms with Crippen LogP contribution in [0.1, 0.15) is 18.4 Å². The van der Waals surface area contributed by atoms with Crippen molar-refractivity contribution in [3.8, 4) is 11.3 Å². The van der Waals surface area contributed by atoms with Gasteiger partial charge in [0, 0.05) is 24.1 Å². The lowest BCUT2D eigenvalue weighted by molar-refractivity contribution is 0.114. The van der Waals surface area contributed by atoms with E-state index in [1.54, 1.807) is 37.3 Å². The van der Waals surface area contributed by atoms with Gasteiger partial charge < -0.3 is 4.74 Å². The fourth-order valence-corrected chi connectivity index (χ4v) is 4.79. The lowest BCUT2D eigenvalue weighted by atomic mass is 10.0. The van der Waals surface area contributed by atoms with Gasteiger partial charge in [0.2, 0.25) is 10.0 Å². The van der Waals surface area contributed by atoms with Crippen molar-refractivity contribution in [2.24, 2.45) is 0 Å². The zero-order chi connectivity index (χ0) is 19.7. The van der Waals surface area contributed by atoms with Crippen LogP contribution in [-0.4, -0.2) is 37.9 Å². The molecule has 28 heavy (non-hydrogen) atoms. The minimum atomic E-state index is -3.70. The predicted molar refractivity (Wildman–Crippen MR) is 107 cm³/mol. The second kappa shape index (κ2) is 7.46. The molecular weight excluding hydrogens is 378 g/mol. The van der Waals surface area contributed by atoms with Gasteiger partial charge in [-0.3, -0.25) is 4.79 Å². The molecule has 8 heteroatoms. The van der Waals surface area contributed by atoms with Gasteiger partial charge >= 0.3 is 0 Å². The third kappa shape index (κ3) is 3.58. The van der Waals surface area contributed by atoms with E-state index in [-0.39, 0.29) is 23.1 Å². The van der Waals surface area contributed by atoms with Gasteiger partial charge in [-0.1, -0.05) is 30.3 Å². The Morgan fingerprint density at radius 2 is 2.00 bits per heavy atom. The molecule has 1 aromatic heterocycles. The molecule has 0 amide bonds. The summed E-state index contributed by atoms with van der Waals surface area (Å²) < 4.78 is 33.9. The van der Waals surface area contributed by atoms with Crippen molar-refractivity contribution in [1.29, 1.82) is 0 Å². The summed E-state index contributed by atoms with van der Waals surface area (Å²) in [7, 11) is -3.70. The van der Waals surface area contributed by atoms with Crippen LogP contribution in [0.3, 0.4) is 0 Å². The van der Waals surface area contributed by atoms with Crippen LogP contribution in [0.4, 0.5) is 0 Å². The van der Waals surface area contributed by atoms with E-state index < -0.39 is 10.0 Å². The van der Waals surface area contributed by atoms with Gasteiger partial charge in [-0.25, -0.2) is 18.2 Å². The maximum atomic E-state index is 12.9. The third-order valence-electron chi connectivity index (χ3n) is 4.97. The number of nitrogens with one attached hydrogen (secondary N) is 2. The summed E-state index contributed by atoms with van der Waals surface area (Å²) in [4.78, 5) is 12.2. The van der Waals surface area contributed by atoms with Crippen LogP contribution in [0.15, 0.2) is 52.2 Å². The number of sulfonamides is 1. The van der Waals surface area contributed by atoms with Crippen LogP contribution >= 0.6 is 0 Å². The Morgan fingerprint density at radius 3 is 2.75 bits per heavy atom. The molecular formula is C20H21N3O4S. The van der Waals surface area contributed by atoms with Crippen molar-refractivity contribution in [2.45, 2.75) is 30.8 Å². The average Bonchev–Trinajstić information content (AvgIpc) is 3.21. The van der Waals surface area contributed by atoms with E-state index in [0.29, 0.717) is 34.2 Å². The molecule has 0 radical (unpaired) electrons. The summed E-state index contributed by atoms with van der Waals surface area (Å²) in [6.07, 6.45) is 1.73. The zero-order valence-corrected chi connectivity index (χ0v) is 16.3. The minimum absolute atomic E-state index is 0.0805. The molecule has 1 atom stereocenters. The molecule has 2 N–H and O–H groups in total. The molecule has 0 saturated carbocycles. The number of hydrogen-bond donors (Lipinski definition) is 2. The van der Waals surface area contributed by atoms with Crippen LogP contribution in [0.25, 0.3) is 22.0 Å². The molecule has 1 saturated heterocycles. The fraction of sp³-hybridized carbons (Fsp3) is 0.300. The first-order valence-electron chi connectivity index (χ1n) is 9.15. The lowest BCUT2D eigenvalue weighted by Gasteiger charge is -2.14. The molecule has 4 rings (SSSR count). The van der Waals surface area contributed by atoms with Gasteiger partial charge in [0.1, 0.15) is 0 Å². The highest BCUT2D eigenvalue weighted by Crippen LogP contribution is 2.28. The van der Waals surface area contributed by atoms with E-state index in [0.717, 1.165) is 12.8 Å². The second-order valence-electron chi connectivity index (χ2n) is 6.91. The van der Waals surface area contributed by atoms with Crippen LogP contribution in [0.5, 0.6) is 0 Å². The van der Waals surface area contributed by atoms with E-state index in [1.807, 2.05) is 12.1 Å². The Hall–Kier alpha value is -2.55. The van der Waals surface area contributed by atoms with Crippen molar-refractivity contribution in [1.82, 2.24) is 14.9 Å². The smallest absolute Gasteiger partial charge is 0.272 e. The number of ether oxygens (including phenoxy) is 1. The molecule has 1 fully saturated rings. The minimum Gasteiger partial charge on any atom is -0.377 e. The summed E-state index contributed by atoms with van der Waals surface area (Å²) >= 11 is 0. The number of H-pyrrole nitrogens is 1. The Bertz CT molecular complexity index is 1180. The number of fused-ring (bicyclic) bond motifs is 1. The first-order valence-corrected chi connectivity index (χ1v) is 10.6. The maximum absolute atomic E-state index is 12.9. The van der Waals surface area contributed by atoms with Crippen molar-refractivity contribution in [3.05, 3.63) is 58.4 Å². The highest BCUT2D eigenvalue weighted by atomic mass is 32.2. The van der Waals surface area contributed by atoms with Crippen LogP contribution < -0.4 is 10.3 Å². The van der Waals surface area contributed by atoms with E-state index >= 15 is 0 Å². The monoisotopic (exact) mass is 399 g/mol. The molecule has 0 spiro atoms. The quantitative estimate of drug-likeness (QED) is 0.686. The standard InChI is InChI=1S/C20H21N3O4S/c1-13-8-9-14(19-16-6-2-3-7-17(16)20(24)23-22-19)11-18(13)28(25,26)21-12-15-5-4-10-27-15/h2-3,6-9,11,15,21H,4-5,10,12H2,1H3,(H,23,24)/t15-/m1/s1. The molecule has 146 valence electrons. The summed E-state index contributed by atoms with van der Waals surface area (Å²) in [6, 6.07) is 12.3. The lowest BCUT2D eigenvalue weighted by Crippen LogP contribution is -2.32. The van der Waals surface area contributed by atoms with Crippen molar-refractivity contribution in [3.63, 3.8) is 0 Å². The Kier molecular flexibility index (Phi) is 5.01. The number of aryl methyl sites for hydroxylation is 1. The normalized spacial score (nSPS) is 17.2. The summed E-state index contributed by atoms with van der Waals surface area (Å²) in [5, 5.41) is 7.84. The molecule has 0 aliphatic carbocycles. The van der Waals surface area contributed by atoms with Crippen LogP contribution in [-0.2, 0) is 14.8 Å². The maximum Gasteiger partial charge on any atom is 0.272 e. The number of rotatable bonds is 5. The van der Waals surface area contributed by atoms with Gasteiger partial charge in [-0.2, -0.15) is 5.10 Å². The fourth-order valence-electron chi connectivity index (χ4n) is 3.46. The van der Waals surface area contributed by atoms with Gasteiger partial charge in [0.05, 0.1) is 22.1 Å². The molecule has 0 unspecified atom stereocenters. The number of aromatic nitrogens is 2. The van der Waals surface area contributed by atoms with Crippen molar-refractivity contribution in [2.75, 3.05) is 13.2 Å². The highest BCUT2D eigenvalue weighted by molar-refractivity contribution is 7.89. The topological polar surface area (TPSA) is 101 Å². The summed E-state index contributed by atoms with van der Waals surface area (Å²) in [5.74, 6) is 0. The first kappa shape index (κ1) is 18.8. The molecule has 0 bridgehead atoms. The zero-order valence-electron chi connectivity index (χ0n) is 15.4. The van der Waals surface area contributed by atoms with E-state index in [4.69, 9.17) is 4.74 Å². The molecule has 3 aromatic rings. The van der Waals surface area contributed by atoms with Gasteiger partial charge in [0.25, 0.3) is 5.56 Å². The second-order valence-corrected chi connectivity index (χ2v) is 8.65. The van der Waals surface area contributed by atoms with E-state index in [2.05, 4.69) is 14.9 Å².